The van der Waals surface area contributed by atoms with E-state index < -0.39 is 10.0 Å². The molecule has 0 aromatic heterocycles. The van der Waals surface area contributed by atoms with Gasteiger partial charge in [-0.3, -0.25) is 0 Å². The summed E-state index contributed by atoms with van der Waals surface area (Å²) < 4.78 is 27.3. The predicted molar refractivity (Wildman–Crippen MR) is 86.6 cm³/mol. The van der Waals surface area contributed by atoms with E-state index >= 15 is 0 Å². The normalized spacial score (nSPS) is 13.4. The Bertz CT molecular complexity index is 576. The Morgan fingerprint density at radius 1 is 1.33 bits per heavy atom. The van der Waals surface area contributed by atoms with Gasteiger partial charge in [0, 0.05) is 18.2 Å². The summed E-state index contributed by atoms with van der Waals surface area (Å²) in [4.78, 5) is 0.0457. The fourth-order valence-corrected chi connectivity index (χ4v) is 4.24. The van der Waals surface area contributed by atoms with Crippen molar-refractivity contribution < 1.29 is 13.5 Å². The molecule has 0 saturated carbocycles. The van der Waals surface area contributed by atoms with E-state index in [1.807, 2.05) is 6.92 Å². The summed E-state index contributed by atoms with van der Waals surface area (Å²) in [7, 11) is -3.70. The van der Waals surface area contributed by atoms with Gasteiger partial charge in [0.1, 0.15) is 4.90 Å². The maximum Gasteiger partial charge on any atom is 0.242 e. The molecular formula is C14H21Cl2NO3S. The number of nitrogens with one attached hydrogen (secondary N) is 1. The van der Waals surface area contributed by atoms with Crippen molar-refractivity contribution in [3.8, 4) is 0 Å². The van der Waals surface area contributed by atoms with Crippen LogP contribution in [-0.2, 0) is 10.0 Å². The molecule has 0 radical (unpaired) electrons. The Morgan fingerprint density at radius 3 is 2.52 bits per heavy atom. The summed E-state index contributed by atoms with van der Waals surface area (Å²) in [5.74, 6) is 0.160. The van der Waals surface area contributed by atoms with Gasteiger partial charge in [0.25, 0.3) is 0 Å². The van der Waals surface area contributed by atoms with Gasteiger partial charge in [-0.1, -0.05) is 30.1 Å². The van der Waals surface area contributed by atoms with Crippen LogP contribution in [-0.4, -0.2) is 26.7 Å². The van der Waals surface area contributed by atoms with E-state index in [9.17, 15) is 8.42 Å². The van der Waals surface area contributed by atoms with Crippen molar-refractivity contribution in [3.05, 3.63) is 27.2 Å². The van der Waals surface area contributed by atoms with E-state index in [2.05, 4.69) is 4.72 Å². The Morgan fingerprint density at radius 2 is 1.95 bits per heavy atom. The van der Waals surface area contributed by atoms with Gasteiger partial charge >= 0.3 is 0 Å². The van der Waals surface area contributed by atoms with Crippen LogP contribution in [0.1, 0.15) is 30.9 Å². The minimum Gasteiger partial charge on any atom is -0.396 e. The van der Waals surface area contributed by atoms with Gasteiger partial charge < -0.3 is 5.11 Å². The fraction of sp³-hybridized carbons (Fsp3) is 0.571. The average molecular weight is 354 g/mol. The van der Waals surface area contributed by atoms with Crippen LogP contribution >= 0.6 is 23.2 Å². The standard InChI is InChI=1S/C14H21Cl2NO3S/c1-9(8-18)5-4-6-17-21(19,20)14-11(3)12(15)7-10(2)13(14)16/h7,9,17-18H,4-6,8H2,1-3H3. The molecule has 4 nitrogen and oxygen atoms in total. The highest BCUT2D eigenvalue weighted by atomic mass is 35.5. The third-order valence-corrected chi connectivity index (χ3v) is 5.96. The van der Waals surface area contributed by atoms with Gasteiger partial charge in [-0.15, -0.1) is 0 Å². The first kappa shape index (κ1) is 18.7. The van der Waals surface area contributed by atoms with Crippen LogP contribution < -0.4 is 4.72 Å². The van der Waals surface area contributed by atoms with Gasteiger partial charge in [0.2, 0.25) is 10.0 Å². The number of aliphatic hydroxyl groups excluding tert-OH is 1. The summed E-state index contributed by atoms with van der Waals surface area (Å²) >= 11 is 12.2. The number of hydrogen-bond donors (Lipinski definition) is 2. The zero-order valence-electron chi connectivity index (χ0n) is 12.4. The summed E-state index contributed by atoms with van der Waals surface area (Å²) in [6, 6.07) is 1.65. The molecule has 1 aromatic carbocycles. The molecule has 0 heterocycles. The molecule has 0 saturated heterocycles. The van der Waals surface area contributed by atoms with Crippen LogP contribution in [0.4, 0.5) is 0 Å². The van der Waals surface area contributed by atoms with Crippen LogP contribution in [0.25, 0.3) is 0 Å². The lowest BCUT2D eigenvalue weighted by Crippen LogP contribution is -2.26. The maximum absolute atomic E-state index is 12.4. The van der Waals surface area contributed by atoms with Crippen LogP contribution in [0.3, 0.4) is 0 Å². The van der Waals surface area contributed by atoms with E-state index in [0.717, 1.165) is 6.42 Å². The molecule has 1 unspecified atom stereocenters. The van der Waals surface area contributed by atoms with Gasteiger partial charge in [-0.2, -0.15) is 0 Å². The van der Waals surface area contributed by atoms with E-state index in [1.165, 1.54) is 0 Å². The lowest BCUT2D eigenvalue weighted by Gasteiger charge is -2.14. The largest absolute Gasteiger partial charge is 0.396 e. The van der Waals surface area contributed by atoms with E-state index in [1.54, 1.807) is 19.9 Å². The number of rotatable bonds is 7. The number of halogens is 2. The number of hydrogen-bond acceptors (Lipinski definition) is 3. The van der Waals surface area contributed by atoms with E-state index in [0.29, 0.717) is 29.1 Å². The molecule has 2 N–H and O–H groups in total. The molecule has 1 aromatic rings. The Labute approximate surface area is 136 Å². The zero-order valence-corrected chi connectivity index (χ0v) is 14.7. The van der Waals surface area contributed by atoms with Crippen LogP contribution in [0.5, 0.6) is 0 Å². The quantitative estimate of drug-likeness (QED) is 0.739. The predicted octanol–water partition coefficient (Wildman–Crippen LogP) is 3.30. The number of aliphatic hydroxyl groups is 1. The molecule has 0 aliphatic carbocycles. The smallest absolute Gasteiger partial charge is 0.242 e. The van der Waals surface area contributed by atoms with Crippen molar-refractivity contribution in [1.29, 1.82) is 0 Å². The molecule has 0 aliphatic heterocycles. The van der Waals surface area contributed by atoms with Gasteiger partial charge in [-0.25, -0.2) is 13.1 Å². The van der Waals surface area contributed by atoms with Crippen LogP contribution in [0, 0.1) is 19.8 Å². The van der Waals surface area contributed by atoms with E-state index in [4.69, 9.17) is 28.3 Å². The molecule has 120 valence electrons. The van der Waals surface area contributed by atoms with Crippen molar-refractivity contribution in [1.82, 2.24) is 4.72 Å². The lowest BCUT2D eigenvalue weighted by atomic mass is 10.1. The van der Waals surface area contributed by atoms with Crippen molar-refractivity contribution in [2.24, 2.45) is 5.92 Å². The molecule has 0 bridgehead atoms. The Hall–Kier alpha value is -0.330. The van der Waals surface area contributed by atoms with Gasteiger partial charge in [0.05, 0.1) is 5.02 Å². The summed E-state index contributed by atoms with van der Waals surface area (Å²) in [6.07, 6.45) is 1.40. The third-order valence-electron chi connectivity index (χ3n) is 3.33. The second-order valence-electron chi connectivity index (χ2n) is 5.27. The minimum atomic E-state index is -3.70. The number of benzene rings is 1. The fourth-order valence-electron chi connectivity index (χ4n) is 1.95. The molecule has 0 spiro atoms. The SMILES string of the molecule is Cc1cc(Cl)c(C)c(S(=O)(=O)NCCCC(C)CO)c1Cl. The first-order valence-electron chi connectivity index (χ1n) is 6.76. The van der Waals surface area contributed by atoms with Crippen molar-refractivity contribution in [2.75, 3.05) is 13.2 Å². The number of aryl methyl sites for hydroxylation is 1. The monoisotopic (exact) mass is 353 g/mol. The van der Waals surface area contributed by atoms with Crippen molar-refractivity contribution in [3.63, 3.8) is 0 Å². The molecule has 0 fully saturated rings. The van der Waals surface area contributed by atoms with E-state index in [-0.39, 0.29) is 22.4 Å². The second-order valence-corrected chi connectivity index (χ2v) is 7.76. The molecule has 7 heteroatoms. The molecular weight excluding hydrogens is 333 g/mol. The molecule has 0 aliphatic rings. The van der Waals surface area contributed by atoms with Crippen molar-refractivity contribution in [2.45, 2.75) is 38.5 Å². The third kappa shape index (κ3) is 4.83. The first-order chi connectivity index (χ1) is 9.70. The zero-order chi connectivity index (χ0) is 16.2. The van der Waals surface area contributed by atoms with Gasteiger partial charge in [0.15, 0.2) is 0 Å². The summed E-state index contributed by atoms with van der Waals surface area (Å²) in [5.41, 5.74) is 1.07. The molecule has 21 heavy (non-hydrogen) atoms. The first-order valence-corrected chi connectivity index (χ1v) is 9.00. The number of sulfonamides is 1. The Balaban J connectivity index is 2.89. The van der Waals surface area contributed by atoms with Crippen molar-refractivity contribution >= 4 is 33.2 Å². The van der Waals surface area contributed by atoms with Crippen LogP contribution in [0.15, 0.2) is 11.0 Å². The highest BCUT2D eigenvalue weighted by Crippen LogP contribution is 2.33. The van der Waals surface area contributed by atoms with Gasteiger partial charge in [-0.05, 0) is 49.8 Å². The average Bonchev–Trinajstić information content (AvgIpc) is 2.41. The summed E-state index contributed by atoms with van der Waals surface area (Å²) in [6.45, 7) is 5.67. The molecule has 1 atom stereocenters. The molecule has 0 amide bonds. The highest BCUT2D eigenvalue weighted by Gasteiger charge is 2.23. The lowest BCUT2D eigenvalue weighted by molar-refractivity contribution is 0.228. The molecule has 1 rings (SSSR count). The Kier molecular flexibility index (Phi) is 6.94. The summed E-state index contributed by atoms with van der Waals surface area (Å²) in [5, 5.41) is 9.52. The van der Waals surface area contributed by atoms with Crippen LogP contribution in [0.2, 0.25) is 10.0 Å². The maximum atomic E-state index is 12.4. The minimum absolute atomic E-state index is 0.0457. The topological polar surface area (TPSA) is 66.4 Å². The second kappa shape index (κ2) is 7.79. The highest BCUT2D eigenvalue weighted by molar-refractivity contribution is 7.89.